The fourth-order valence-electron chi connectivity index (χ4n) is 3.19. The number of hydrogen-bond acceptors (Lipinski definition) is 4. The van der Waals surface area contributed by atoms with Crippen LogP contribution in [0.25, 0.3) is 0 Å². The molecule has 0 fully saturated rings. The van der Waals surface area contributed by atoms with Gasteiger partial charge in [-0.3, -0.25) is 4.79 Å². The summed E-state index contributed by atoms with van der Waals surface area (Å²) in [5.74, 6) is -1.55. The summed E-state index contributed by atoms with van der Waals surface area (Å²) in [4.78, 5) is 26.7. The van der Waals surface area contributed by atoms with Crippen molar-refractivity contribution in [3.05, 3.63) is 95.3 Å². The van der Waals surface area contributed by atoms with E-state index < -0.39 is 17.8 Å². The molecule has 0 saturated carbocycles. The molecule has 1 aliphatic rings. The summed E-state index contributed by atoms with van der Waals surface area (Å²) in [5, 5.41) is 0. The molecule has 2 aromatic carbocycles. The van der Waals surface area contributed by atoms with Crippen LogP contribution >= 0.6 is 0 Å². The van der Waals surface area contributed by atoms with Crippen LogP contribution in [0.2, 0.25) is 0 Å². The van der Waals surface area contributed by atoms with Crippen molar-refractivity contribution >= 4 is 11.9 Å². The van der Waals surface area contributed by atoms with E-state index in [1.54, 1.807) is 24.2 Å². The molecule has 138 valence electrons. The third-order valence-electron chi connectivity index (χ3n) is 4.37. The van der Waals surface area contributed by atoms with Gasteiger partial charge >= 0.3 is 5.97 Å². The van der Waals surface area contributed by atoms with E-state index in [0.717, 1.165) is 11.1 Å². The number of hydrogen-bond donors (Lipinski definition) is 1. The van der Waals surface area contributed by atoms with Crippen LogP contribution in [0.3, 0.4) is 0 Å². The van der Waals surface area contributed by atoms with E-state index >= 15 is 0 Å². The van der Waals surface area contributed by atoms with Gasteiger partial charge in [0.2, 0.25) is 5.91 Å². The van der Waals surface area contributed by atoms with Gasteiger partial charge < -0.3 is 15.4 Å². The molecule has 0 spiro atoms. The molecule has 3 rings (SSSR count). The van der Waals surface area contributed by atoms with Gasteiger partial charge in [0.25, 0.3) is 0 Å². The summed E-state index contributed by atoms with van der Waals surface area (Å²) >= 11 is 0. The van der Waals surface area contributed by atoms with Crippen molar-refractivity contribution < 1.29 is 14.3 Å². The summed E-state index contributed by atoms with van der Waals surface area (Å²) in [6.45, 7) is 2.53. The molecule has 0 saturated heterocycles. The van der Waals surface area contributed by atoms with Gasteiger partial charge in [0.1, 0.15) is 0 Å². The SMILES string of the molecule is CCOC(=O)C1=CN(Cc2ccccc2)C=C(C(N)=O)C1c1ccccc1. The van der Waals surface area contributed by atoms with Gasteiger partial charge in [0, 0.05) is 30.4 Å². The zero-order valence-corrected chi connectivity index (χ0v) is 15.2. The minimum Gasteiger partial charge on any atom is -0.463 e. The maximum atomic E-state index is 12.7. The lowest BCUT2D eigenvalue weighted by Gasteiger charge is -2.30. The molecule has 1 aliphatic heterocycles. The van der Waals surface area contributed by atoms with Gasteiger partial charge in [-0.2, -0.15) is 0 Å². The van der Waals surface area contributed by atoms with Crippen LogP contribution in [0.5, 0.6) is 0 Å². The molecule has 1 unspecified atom stereocenters. The van der Waals surface area contributed by atoms with E-state index in [4.69, 9.17) is 10.5 Å². The molecule has 2 aromatic rings. The number of rotatable bonds is 6. The van der Waals surface area contributed by atoms with Crippen LogP contribution in [-0.2, 0) is 20.9 Å². The van der Waals surface area contributed by atoms with Crippen molar-refractivity contribution in [1.29, 1.82) is 0 Å². The van der Waals surface area contributed by atoms with Gasteiger partial charge in [-0.1, -0.05) is 60.7 Å². The Hall–Kier alpha value is -3.34. The zero-order chi connectivity index (χ0) is 19.2. The molecule has 27 heavy (non-hydrogen) atoms. The van der Waals surface area contributed by atoms with Crippen molar-refractivity contribution in [2.45, 2.75) is 19.4 Å². The summed E-state index contributed by atoms with van der Waals surface area (Å²) in [5.41, 5.74) is 8.31. The Bertz CT molecular complexity index is 873. The number of primary amides is 1. The lowest BCUT2D eigenvalue weighted by Crippen LogP contribution is -2.31. The summed E-state index contributed by atoms with van der Waals surface area (Å²) in [6, 6.07) is 19.2. The first-order valence-corrected chi connectivity index (χ1v) is 8.85. The van der Waals surface area contributed by atoms with Gasteiger partial charge in [-0.05, 0) is 18.1 Å². The maximum absolute atomic E-state index is 12.7. The molecule has 0 aliphatic carbocycles. The lowest BCUT2D eigenvalue weighted by molar-refractivity contribution is -0.138. The first-order valence-electron chi connectivity index (χ1n) is 8.85. The topological polar surface area (TPSA) is 72.6 Å². The van der Waals surface area contributed by atoms with E-state index in [0.29, 0.717) is 17.7 Å². The molecule has 0 bridgehead atoms. The summed E-state index contributed by atoms with van der Waals surface area (Å²) in [7, 11) is 0. The number of ether oxygens (including phenoxy) is 1. The Labute approximate surface area is 158 Å². The van der Waals surface area contributed by atoms with Crippen LogP contribution in [-0.4, -0.2) is 23.4 Å². The highest BCUT2D eigenvalue weighted by atomic mass is 16.5. The zero-order valence-electron chi connectivity index (χ0n) is 15.2. The number of amides is 1. The summed E-state index contributed by atoms with van der Waals surface area (Å²) < 4.78 is 5.25. The standard InChI is InChI=1S/C22H22N2O3/c1-2-27-22(26)19-15-24(13-16-9-5-3-6-10-16)14-18(21(23)25)20(19)17-11-7-4-8-12-17/h3-12,14-15,20H,2,13H2,1H3,(H2,23,25). The van der Waals surface area contributed by atoms with E-state index in [2.05, 4.69) is 0 Å². The van der Waals surface area contributed by atoms with Gasteiger partial charge in [0.05, 0.1) is 12.2 Å². The molecule has 1 heterocycles. The number of nitrogens with zero attached hydrogens (tertiary/aromatic N) is 1. The molecular weight excluding hydrogens is 340 g/mol. The number of carbonyl (C=O) groups excluding carboxylic acids is 2. The molecule has 0 radical (unpaired) electrons. The lowest BCUT2D eigenvalue weighted by atomic mass is 9.83. The van der Waals surface area contributed by atoms with E-state index in [9.17, 15) is 9.59 Å². The van der Waals surface area contributed by atoms with Crippen LogP contribution in [0.15, 0.2) is 84.2 Å². The quantitative estimate of drug-likeness (QED) is 0.802. The molecule has 2 N–H and O–H groups in total. The minimum absolute atomic E-state index is 0.256. The first-order chi connectivity index (χ1) is 13.1. The van der Waals surface area contributed by atoms with Crippen LogP contribution in [0.1, 0.15) is 24.0 Å². The highest BCUT2D eigenvalue weighted by Crippen LogP contribution is 2.36. The van der Waals surface area contributed by atoms with Crippen molar-refractivity contribution in [3.63, 3.8) is 0 Å². The van der Waals surface area contributed by atoms with Crippen molar-refractivity contribution in [2.75, 3.05) is 6.61 Å². The monoisotopic (exact) mass is 362 g/mol. The second kappa shape index (κ2) is 8.36. The predicted octanol–water partition coefficient (Wildman–Crippen LogP) is 3.10. The number of nitrogens with two attached hydrogens (primary N) is 1. The predicted molar refractivity (Wildman–Crippen MR) is 103 cm³/mol. The average molecular weight is 362 g/mol. The largest absolute Gasteiger partial charge is 0.463 e. The third kappa shape index (κ3) is 4.26. The normalized spacial score (nSPS) is 16.3. The number of carbonyl (C=O) groups is 2. The van der Waals surface area contributed by atoms with Gasteiger partial charge in [-0.25, -0.2) is 4.79 Å². The van der Waals surface area contributed by atoms with Gasteiger partial charge in [-0.15, -0.1) is 0 Å². The third-order valence-corrected chi connectivity index (χ3v) is 4.37. The Kier molecular flexibility index (Phi) is 5.71. The summed E-state index contributed by atoms with van der Waals surface area (Å²) in [6.07, 6.45) is 3.46. The van der Waals surface area contributed by atoms with Crippen LogP contribution < -0.4 is 5.73 Å². The van der Waals surface area contributed by atoms with Crippen LogP contribution in [0, 0.1) is 0 Å². The highest BCUT2D eigenvalue weighted by Gasteiger charge is 2.33. The van der Waals surface area contributed by atoms with E-state index in [1.807, 2.05) is 60.7 Å². The maximum Gasteiger partial charge on any atom is 0.336 e. The Balaban J connectivity index is 2.04. The first kappa shape index (κ1) is 18.5. The highest BCUT2D eigenvalue weighted by molar-refractivity contribution is 6.00. The molecule has 0 aromatic heterocycles. The number of esters is 1. The van der Waals surface area contributed by atoms with Crippen molar-refractivity contribution in [1.82, 2.24) is 4.90 Å². The molecule has 1 atom stereocenters. The second-order valence-electron chi connectivity index (χ2n) is 6.26. The van der Waals surface area contributed by atoms with Crippen LogP contribution in [0.4, 0.5) is 0 Å². The van der Waals surface area contributed by atoms with Gasteiger partial charge in [0.15, 0.2) is 0 Å². The molecular formula is C22H22N2O3. The smallest absolute Gasteiger partial charge is 0.336 e. The van der Waals surface area contributed by atoms with Crippen molar-refractivity contribution in [3.8, 4) is 0 Å². The molecule has 5 heteroatoms. The Morgan fingerprint density at radius 2 is 1.56 bits per heavy atom. The Morgan fingerprint density at radius 3 is 2.15 bits per heavy atom. The van der Waals surface area contributed by atoms with E-state index in [1.165, 1.54) is 0 Å². The Morgan fingerprint density at radius 1 is 0.963 bits per heavy atom. The molecule has 5 nitrogen and oxygen atoms in total. The minimum atomic E-state index is -0.559. The molecule has 1 amide bonds. The second-order valence-corrected chi connectivity index (χ2v) is 6.26. The van der Waals surface area contributed by atoms with Crippen molar-refractivity contribution in [2.24, 2.45) is 5.73 Å². The average Bonchev–Trinajstić information content (AvgIpc) is 2.69. The fraction of sp³-hybridized carbons (Fsp3) is 0.182. The van der Waals surface area contributed by atoms with E-state index in [-0.39, 0.29) is 6.61 Å². The fourth-order valence-corrected chi connectivity index (χ4v) is 3.19. The number of benzene rings is 2.